The van der Waals surface area contributed by atoms with Crippen LogP contribution in [0.2, 0.25) is 0 Å². The van der Waals surface area contributed by atoms with Crippen LogP contribution in [-0.2, 0) is 16.1 Å². The van der Waals surface area contributed by atoms with Gasteiger partial charge in [-0.1, -0.05) is 30.3 Å². The second-order valence-corrected chi connectivity index (χ2v) is 7.14. The third-order valence-electron chi connectivity index (χ3n) is 3.23. The molecule has 1 amide bonds. The van der Waals surface area contributed by atoms with Crippen LogP contribution in [0.5, 0.6) is 0 Å². The van der Waals surface area contributed by atoms with Crippen LogP contribution in [0, 0.1) is 0 Å². The molecule has 0 unspecified atom stereocenters. The van der Waals surface area contributed by atoms with Gasteiger partial charge < -0.3 is 10.1 Å². The summed E-state index contributed by atoms with van der Waals surface area (Å²) in [5, 5.41) is 3.34. The molecule has 1 aliphatic rings. The van der Waals surface area contributed by atoms with Gasteiger partial charge >= 0.3 is 6.09 Å². The molecule has 118 valence electrons. The Bertz CT molecular complexity index is 609. The highest BCUT2D eigenvalue weighted by Crippen LogP contribution is 2.33. The number of thioether (sulfide) groups is 1. The van der Waals surface area contributed by atoms with Crippen LogP contribution in [0.1, 0.15) is 33.3 Å². The molecular weight excluding hydrogens is 300 g/mol. The van der Waals surface area contributed by atoms with Gasteiger partial charge in [0.15, 0.2) is 0 Å². The number of carbonyl (C=O) groups is 2. The molecule has 1 aliphatic heterocycles. The SMILES string of the molecule is CC1(C)N=C(C(C)(C)NC(=O)OCc2ccccc2)SC1=O. The number of hydrogen-bond donors (Lipinski definition) is 1. The number of nitrogens with one attached hydrogen (secondary N) is 1. The van der Waals surface area contributed by atoms with Gasteiger partial charge in [-0.25, -0.2) is 4.79 Å². The van der Waals surface area contributed by atoms with E-state index in [-0.39, 0.29) is 11.7 Å². The molecule has 1 N–H and O–H groups in total. The highest BCUT2D eigenvalue weighted by Gasteiger charge is 2.41. The largest absolute Gasteiger partial charge is 0.445 e. The Morgan fingerprint density at radius 3 is 2.50 bits per heavy atom. The third kappa shape index (κ3) is 3.88. The Labute approximate surface area is 134 Å². The van der Waals surface area contributed by atoms with Crippen molar-refractivity contribution in [2.24, 2.45) is 4.99 Å². The fraction of sp³-hybridized carbons (Fsp3) is 0.438. The normalized spacial score (nSPS) is 17.1. The molecule has 2 rings (SSSR count). The number of ether oxygens (including phenoxy) is 1. The second kappa shape index (κ2) is 6.12. The molecule has 0 atom stereocenters. The fourth-order valence-corrected chi connectivity index (χ4v) is 2.92. The minimum absolute atomic E-state index is 0.0185. The summed E-state index contributed by atoms with van der Waals surface area (Å²) in [6.07, 6.45) is -0.533. The van der Waals surface area contributed by atoms with Crippen LogP contribution in [-0.4, -0.2) is 27.3 Å². The van der Waals surface area contributed by atoms with Crippen molar-refractivity contribution in [3.8, 4) is 0 Å². The van der Waals surface area contributed by atoms with Crippen molar-refractivity contribution >= 4 is 28.0 Å². The van der Waals surface area contributed by atoms with Gasteiger partial charge in [-0.05, 0) is 45.0 Å². The first kappa shape index (κ1) is 16.5. The third-order valence-corrected chi connectivity index (χ3v) is 4.71. The number of rotatable bonds is 4. The maximum atomic E-state index is 11.9. The van der Waals surface area contributed by atoms with Crippen LogP contribution in [0.25, 0.3) is 0 Å². The summed E-state index contributed by atoms with van der Waals surface area (Å²) in [6, 6.07) is 9.45. The summed E-state index contributed by atoms with van der Waals surface area (Å²) in [5.41, 5.74) is -0.575. The lowest BCUT2D eigenvalue weighted by Gasteiger charge is -2.25. The first-order chi connectivity index (χ1) is 10.2. The molecule has 0 saturated carbocycles. The zero-order chi connectivity index (χ0) is 16.4. The molecule has 0 bridgehead atoms. The van der Waals surface area contributed by atoms with Crippen molar-refractivity contribution in [2.75, 3.05) is 0 Å². The molecule has 5 nitrogen and oxygen atoms in total. The van der Waals surface area contributed by atoms with E-state index in [9.17, 15) is 9.59 Å². The summed E-state index contributed by atoms with van der Waals surface area (Å²) in [6.45, 7) is 7.33. The zero-order valence-electron chi connectivity index (χ0n) is 13.2. The molecule has 0 aromatic heterocycles. The number of nitrogens with zero attached hydrogens (tertiary/aromatic N) is 1. The maximum absolute atomic E-state index is 11.9. The minimum Gasteiger partial charge on any atom is -0.445 e. The Hall–Kier alpha value is -1.82. The average molecular weight is 320 g/mol. The van der Waals surface area contributed by atoms with E-state index in [0.29, 0.717) is 5.04 Å². The molecule has 0 saturated heterocycles. The van der Waals surface area contributed by atoms with Gasteiger partial charge in [0.1, 0.15) is 17.2 Å². The van der Waals surface area contributed by atoms with Gasteiger partial charge in [0.05, 0.1) is 5.54 Å². The number of hydrogen-bond acceptors (Lipinski definition) is 5. The Kier molecular flexibility index (Phi) is 4.60. The summed E-state index contributed by atoms with van der Waals surface area (Å²) >= 11 is 1.08. The quantitative estimate of drug-likeness (QED) is 0.925. The summed E-state index contributed by atoms with van der Waals surface area (Å²) in [4.78, 5) is 28.2. The van der Waals surface area contributed by atoms with Gasteiger partial charge in [0.25, 0.3) is 0 Å². The molecule has 0 radical (unpaired) electrons. The van der Waals surface area contributed by atoms with E-state index >= 15 is 0 Å². The zero-order valence-corrected chi connectivity index (χ0v) is 14.0. The fourth-order valence-electron chi connectivity index (χ4n) is 1.87. The second-order valence-electron chi connectivity index (χ2n) is 6.18. The summed E-state index contributed by atoms with van der Waals surface area (Å²) in [7, 11) is 0. The minimum atomic E-state index is -0.748. The van der Waals surface area contributed by atoms with Gasteiger partial charge in [0, 0.05) is 0 Å². The van der Waals surface area contributed by atoms with Crippen molar-refractivity contribution in [1.29, 1.82) is 0 Å². The Morgan fingerprint density at radius 2 is 1.95 bits per heavy atom. The topological polar surface area (TPSA) is 67.8 Å². The summed E-state index contributed by atoms with van der Waals surface area (Å²) < 4.78 is 5.20. The first-order valence-electron chi connectivity index (χ1n) is 7.02. The molecule has 6 heteroatoms. The molecule has 1 aromatic rings. The molecule has 0 spiro atoms. The van der Waals surface area contributed by atoms with Crippen LogP contribution in [0.3, 0.4) is 0 Å². The smallest absolute Gasteiger partial charge is 0.408 e. The molecular formula is C16H20N2O3S. The Balaban J connectivity index is 1.94. The number of carbonyl (C=O) groups excluding carboxylic acids is 2. The van der Waals surface area contributed by atoms with Crippen molar-refractivity contribution in [3.63, 3.8) is 0 Å². The number of aliphatic imine (C=N–C) groups is 1. The van der Waals surface area contributed by atoms with E-state index in [0.717, 1.165) is 17.3 Å². The van der Waals surface area contributed by atoms with Crippen molar-refractivity contribution in [2.45, 2.75) is 45.4 Å². The molecule has 0 aliphatic carbocycles. The van der Waals surface area contributed by atoms with Crippen LogP contribution < -0.4 is 5.32 Å². The van der Waals surface area contributed by atoms with Crippen LogP contribution in [0.4, 0.5) is 4.79 Å². The van der Waals surface area contributed by atoms with E-state index in [2.05, 4.69) is 10.3 Å². The van der Waals surface area contributed by atoms with Crippen LogP contribution >= 0.6 is 11.8 Å². The van der Waals surface area contributed by atoms with E-state index in [4.69, 9.17) is 4.74 Å². The van der Waals surface area contributed by atoms with E-state index < -0.39 is 17.2 Å². The van der Waals surface area contributed by atoms with Crippen molar-refractivity contribution in [1.82, 2.24) is 5.32 Å². The maximum Gasteiger partial charge on any atom is 0.408 e. The van der Waals surface area contributed by atoms with Crippen LogP contribution in [0.15, 0.2) is 35.3 Å². The molecule has 1 aromatic carbocycles. The van der Waals surface area contributed by atoms with Gasteiger partial charge in [-0.2, -0.15) is 0 Å². The average Bonchev–Trinajstić information content (AvgIpc) is 2.72. The predicted molar refractivity (Wildman–Crippen MR) is 88.0 cm³/mol. The lowest BCUT2D eigenvalue weighted by molar-refractivity contribution is -0.114. The van der Waals surface area contributed by atoms with Gasteiger partial charge in [-0.15, -0.1) is 0 Å². The van der Waals surface area contributed by atoms with Crippen molar-refractivity contribution in [3.05, 3.63) is 35.9 Å². The standard InChI is InChI=1S/C16H20N2O3S/c1-15(2,12-17-16(3,4)13(19)22-12)18-14(20)21-10-11-8-6-5-7-9-11/h5-9H,10H2,1-4H3,(H,18,20). The molecule has 0 fully saturated rings. The van der Waals surface area contributed by atoms with E-state index in [1.165, 1.54) is 0 Å². The number of benzene rings is 1. The van der Waals surface area contributed by atoms with Gasteiger partial charge in [0.2, 0.25) is 5.12 Å². The van der Waals surface area contributed by atoms with E-state index in [1.54, 1.807) is 27.7 Å². The first-order valence-corrected chi connectivity index (χ1v) is 7.84. The monoisotopic (exact) mass is 320 g/mol. The lowest BCUT2D eigenvalue weighted by atomic mass is 10.1. The van der Waals surface area contributed by atoms with Gasteiger partial charge in [-0.3, -0.25) is 9.79 Å². The highest BCUT2D eigenvalue weighted by molar-refractivity contribution is 8.27. The Morgan fingerprint density at radius 1 is 1.32 bits per heavy atom. The number of alkyl carbamates (subject to hydrolysis) is 1. The molecule has 1 heterocycles. The summed E-state index contributed by atoms with van der Waals surface area (Å²) in [5.74, 6) is 0. The number of amides is 1. The predicted octanol–water partition coefficient (Wildman–Crippen LogP) is 3.14. The van der Waals surface area contributed by atoms with E-state index in [1.807, 2.05) is 30.3 Å². The van der Waals surface area contributed by atoms with Crippen molar-refractivity contribution < 1.29 is 14.3 Å². The molecule has 22 heavy (non-hydrogen) atoms. The lowest BCUT2D eigenvalue weighted by Crippen LogP contribution is -2.48. The highest BCUT2D eigenvalue weighted by atomic mass is 32.2.